The lowest BCUT2D eigenvalue weighted by atomic mass is 9.82. The number of benzene rings is 4. The zero-order valence-corrected chi connectivity index (χ0v) is 23.3. The Balaban J connectivity index is 0.00000186. The Labute approximate surface area is 224 Å². The maximum Gasteiger partial charge on any atom is 0.0417 e. The van der Waals surface area contributed by atoms with Crippen LogP contribution in [-0.4, -0.2) is 33.2 Å². The predicted octanol–water partition coefficient (Wildman–Crippen LogP) is 8.56. The molecule has 37 heavy (non-hydrogen) atoms. The lowest BCUT2D eigenvalue weighted by Gasteiger charge is -2.26. The number of fused-ring (bicyclic) bond motifs is 1. The molecule has 0 heterocycles. The summed E-state index contributed by atoms with van der Waals surface area (Å²) >= 11 is 0. The van der Waals surface area contributed by atoms with Gasteiger partial charge in [-0.3, -0.25) is 0 Å². The molecule has 4 aromatic rings. The minimum atomic E-state index is 0.155. The fourth-order valence-electron chi connectivity index (χ4n) is 5.28. The molecule has 0 fully saturated rings. The van der Waals surface area contributed by atoms with Crippen LogP contribution in [0.5, 0.6) is 0 Å². The van der Waals surface area contributed by atoms with Crippen LogP contribution in [0.4, 0.5) is 17.1 Å². The van der Waals surface area contributed by atoms with E-state index in [-0.39, 0.29) is 5.92 Å². The molecular weight excluding hydrogens is 450 g/mol. The molecule has 4 rings (SSSR count). The van der Waals surface area contributed by atoms with E-state index in [1.807, 2.05) is 7.05 Å². The van der Waals surface area contributed by atoms with Crippen LogP contribution >= 0.6 is 0 Å². The van der Waals surface area contributed by atoms with E-state index in [9.17, 15) is 0 Å². The van der Waals surface area contributed by atoms with E-state index in [1.165, 1.54) is 38.8 Å². The van der Waals surface area contributed by atoms with Gasteiger partial charge in [0.2, 0.25) is 0 Å². The van der Waals surface area contributed by atoms with Gasteiger partial charge in [0.05, 0.1) is 0 Å². The van der Waals surface area contributed by atoms with Gasteiger partial charge in [0.25, 0.3) is 0 Å². The van der Waals surface area contributed by atoms with E-state index in [2.05, 4.69) is 141 Å². The van der Waals surface area contributed by atoms with Crippen molar-refractivity contribution in [2.24, 2.45) is 0 Å². The van der Waals surface area contributed by atoms with Gasteiger partial charge in [0.1, 0.15) is 0 Å². The molecule has 0 aliphatic carbocycles. The highest BCUT2D eigenvalue weighted by molar-refractivity contribution is 5.97. The number of hydrogen-bond donors (Lipinski definition) is 1. The Kier molecular flexibility index (Phi) is 10.2. The molecule has 0 atom stereocenters. The van der Waals surface area contributed by atoms with E-state index >= 15 is 0 Å². The molecule has 0 aliphatic heterocycles. The van der Waals surface area contributed by atoms with Crippen LogP contribution in [0.3, 0.4) is 0 Å². The van der Waals surface area contributed by atoms with E-state index in [1.54, 1.807) is 0 Å². The second-order valence-electron chi connectivity index (χ2n) is 8.96. The fourth-order valence-corrected chi connectivity index (χ4v) is 5.28. The fraction of sp³-hybridized carbons (Fsp3) is 0.294. The molecular formula is C34H43N3. The van der Waals surface area contributed by atoms with Crippen LogP contribution in [0, 0.1) is 0 Å². The van der Waals surface area contributed by atoms with Crippen LogP contribution in [-0.2, 0) is 0 Å². The van der Waals surface area contributed by atoms with Crippen LogP contribution in [0.25, 0.3) is 10.8 Å². The Bertz CT molecular complexity index is 1180. The van der Waals surface area contributed by atoms with Gasteiger partial charge < -0.3 is 15.1 Å². The van der Waals surface area contributed by atoms with E-state index < -0.39 is 0 Å². The zero-order valence-electron chi connectivity index (χ0n) is 23.3. The largest absolute Gasteiger partial charge is 0.388 e. The molecule has 0 spiro atoms. The third kappa shape index (κ3) is 5.99. The average Bonchev–Trinajstić information content (AvgIpc) is 2.97. The lowest BCUT2D eigenvalue weighted by Crippen LogP contribution is -2.22. The normalized spacial score (nSPS) is 10.6. The summed E-state index contributed by atoms with van der Waals surface area (Å²) in [5, 5.41) is 5.93. The number of rotatable bonds is 10. The SMILES string of the molecule is C=C.CCN(CC)c1ccc(C(c2ccc(N(CC)CC)cc2)c2ccc(NC)c3ccccc23)cc1. The third-order valence-electron chi connectivity index (χ3n) is 7.25. The van der Waals surface area contributed by atoms with Gasteiger partial charge in [-0.25, -0.2) is 0 Å². The molecule has 194 valence electrons. The first-order valence-electron chi connectivity index (χ1n) is 13.5. The van der Waals surface area contributed by atoms with Gasteiger partial charge in [0.15, 0.2) is 0 Å². The summed E-state index contributed by atoms with van der Waals surface area (Å²) in [7, 11) is 2.00. The van der Waals surface area contributed by atoms with E-state index in [0.717, 1.165) is 31.9 Å². The first-order chi connectivity index (χ1) is 18.1. The molecule has 3 heteroatoms. The Morgan fingerprint density at radius 2 is 1.03 bits per heavy atom. The van der Waals surface area contributed by atoms with E-state index in [4.69, 9.17) is 0 Å². The van der Waals surface area contributed by atoms with Crippen molar-refractivity contribution in [2.75, 3.05) is 48.3 Å². The van der Waals surface area contributed by atoms with Crippen molar-refractivity contribution in [3.63, 3.8) is 0 Å². The molecule has 0 saturated carbocycles. The first kappa shape index (κ1) is 27.9. The van der Waals surface area contributed by atoms with Crippen molar-refractivity contribution in [1.29, 1.82) is 0 Å². The van der Waals surface area contributed by atoms with Crippen molar-refractivity contribution in [3.05, 3.63) is 115 Å². The zero-order chi connectivity index (χ0) is 26.8. The van der Waals surface area contributed by atoms with E-state index in [0.29, 0.717) is 0 Å². The summed E-state index contributed by atoms with van der Waals surface area (Å²) < 4.78 is 0. The molecule has 0 saturated heterocycles. The molecule has 0 aliphatic rings. The molecule has 0 unspecified atom stereocenters. The average molecular weight is 494 g/mol. The monoisotopic (exact) mass is 493 g/mol. The molecule has 1 N–H and O–H groups in total. The lowest BCUT2D eigenvalue weighted by molar-refractivity contribution is 0.863. The summed E-state index contributed by atoms with van der Waals surface area (Å²) in [5.74, 6) is 0.155. The number of nitrogens with one attached hydrogen (secondary N) is 1. The Morgan fingerprint density at radius 1 is 0.595 bits per heavy atom. The van der Waals surface area contributed by atoms with Crippen molar-refractivity contribution >= 4 is 27.8 Å². The highest BCUT2D eigenvalue weighted by atomic mass is 15.1. The van der Waals surface area contributed by atoms with Crippen molar-refractivity contribution < 1.29 is 0 Å². The maximum atomic E-state index is 3.37. The summed E-state index contributed by atoms with van der Waals surface area (Å²) in [4.78, 5) is 4.80. The number of anilines is 3. The minimum absolute atomic E-state index is 0.155. The third-order valence-corrected chi connectivity index (χ3v) is 7.25. The van der Waals surface area contributed by atoms with Gasteiger partial charge in [-0.15, -0.1) is 13.2 Å². The molecule has 0 amide bonds. The quantitative estimate of drug-likeness (QED) is 0.176. The minimum Gasteiger partial charge on any atom is -0.388 e. The highest BCUT2D eigenvalue weighted by Crippen LogP contribution is 2.39. The topological polar surface area (TPSA) is 18.5 Å². The Hall–Kier alpha value is -3.72. The van der Waals surface area contributed by atoms with Crippen molar-refractivity contribution in [3.8, 4) is 0 Å². The van der Waals surface area contributed by atoms with Crippen LogP contribution < -0.4 is 15.1 Å². The highest BCUT2D eigenvalue weighted by Gasteiger charge is 2.21. The standard InChI is InChI=1S/C32H39N3.C2H4/c1-6-34(7-2)26-18-14-24(15-19-26)32(25-16-20-27(21-17-25)35(8-3)9-4)30-22-23-31(33-5)29-13-11-10-12-28(29)30;1-2/h10-23,32-33H,6-9H2,1-5H3;1-2H2. The maximum absolute atomic E-state index is 3.37. The molecule has 0 bridgehead atoms. The number of hydrogen-bond acceptors (Lipinski definition) is 3. The van der Waals surface area contributed by atoms with Crippen LogP contribution in [0.2, 0.25) is 0 Å². The van der Waals surface area contributed by atoms with Crippen LogP contribution in [0.1, 0.15) is 50.3 Å². The molecule has 0 radical (unpaired) electrons. The van der Waals surface area contributed by atoms with Gasteiger partial charge in [-0.05, 0) is 80.1 Å². The summed E-state index contributed by atoms with van der Waals surface area (Å²) in [6.07, 6.45) is 0. The van der Waals surface area contributed by atoms with Gasteiger partial charge in [-0.2, -0.15) is 0 Å². The van der Waals surface area contributed by atoms with Crippen LogP contribution in [0.15, 0.2) is 98.1 Å². The Morgan fingerprint density at radius 3 is 1.43 bits per heavy atom. The smallest absolute Gasteiger partial charge is 0.0417 e. The predicted molar refractivity (Wildman–Crippen MR) is 166 cm³/mol. The first-order valence-corrected chi connectivity index (χ1v) is 13.5. The second-order valence-corrected chi connectivity index (χ2v) is 8.96. The van der Waals surface area contributed by atoms with Crippen molar-refractivity contribution in [2.45, 2.75) is 33.6 Å². The van der Waals surface area contributed by atoms with Gasteiger partial charge in [0, 0.05) is 61.6 Å². The van der Waals surface area contributed by atoms with Crippen molar-refractivity contribution in [1.82, 2.24) is 0 Å². The summed E-state index contributed by atoms with van der Waals surface area (Å²) in [6.45, 7) is 18.9. The summed E-state index contributed by atoms with van der Waals surface area (Å²) in [6, 6.07) is 31.7. The van der Waals surface area contributed by atoms with Gasteiger partial charge >= 0.3 is 0 Å². The molecule has 0 aromatic heterocycles. The second kappa shape index (κ2) is 13.5. The molecule has 4 aromatic carbocycles. The summed E-state index contributed by atoms with van der Waals surface area (Å²) in [5.41, 5.74) is 7.70. The van der Waals surface area contributed by atoms with Gasteiger partial charge in [-0.1, -0.05) is 54.6 Å². The number of nitrogens with zero attached hydrogens (tertiary/aromatic N) is 2. The molecule has 3 nitrogen and oxygen atoms in total.